The number of carboxylic acid groups (broad SMARTS) is 1. The molecule has 3 N–H and O–H groups in total. The van der Waals surface area contributed by atoms with Crippen molar-refractivity contribution in [1.82, 2.24) is 20.6 Å². The fourth-order valence-corrected chi connectivity index (χ4v) is 6.47. The normalized spacial score (nSPS) is 22.2. The number of hydrogen-bond donors (Lipinski definition) is 3. The van der Waals surface area contributed by atoms with Crippen molar-refractivity contribution >= 4 is 53.4 Å². The van der Waals surface area contributed by atoms with Gasteiger partial charge in [-0.3, -0.25) is 28.9 Å². The van der Waals surface area contributed by atoms with E-state index in [1.807, 2.05) is 0 Å². The Hall–Kier alpha value is -3.16. The molecule has 0 aliphatic carbocycles. The van der Waals surface area contributed by atoms with E-state index in [0.29, 0.717) is 42.9 Å². The topological polar surface area (TPSA) is 179 Å². The Morgan fingerprint density at radius 3 is 2.28 bits per heavy atom. The summed E-state index contributed by atoms with van der Waals surface area (Å²) in [6, 6.07) is -0.790. The molecule has 0 radical (unpaired) electrons. The lowest BCUT2D eigenvalue weighted by Gasteiger charge is -2.20. The van der Waals surface area contributed by atoms with Crippen molar-refractivity contribution < 1.29 is 43.5 Å². The molecule has 0 unspecified atom stereocenters. The van der Waals surface area contributed by atoms with Crippen LogP contribution < -0.4 is 10.6 Å². The van der Waals surface area contributed by atoms with Gasteiger partial charge in [0.05, 0.1) is 12.1 Å². The Balaban J connectivity index is 1.23. The van der Waals surface area contributed by atoms with Crippen LogP contribution >= 0.6 is 11.8 Å². The molecule has 14 heteroatoms. The molecule has 0 saturated carbocycles. The highest BCUT2D eigenvalue weighted by Gasteiger charge is 2.49. The van der Waals surface area contributed by atoms with Crippen molar-refractivity contribution in [2.45, 2.75) is 101 Å². The number of aliphatic carboxylic acids is 1. The molecule has 3 aliphatic heterocycles. The molecule has 39 heavy (non-hydrogen) atoms. The predicted molar refractivity (Wildman–Crippen MR) is 138 cm³/mol. The summed E-state index contributed by atoms with van der Waals surface area (Å²) < 4.78 is 0. The van der Waals surface area contributed by atoms with Crippen molar-refractivity contribution in [1.29, 1.82) is 0 Å². The van der Waals surface area contributed by atoms with Crippen LogP contribution in [0.1, 0.15) is 83.5 Å². The highest BCUT2D eigenvalue weighted by Crippen LogP contribution is 2.37. The first-order valence-electron chi connectivity index (χ1n) is 13.5. The number of imide groups is 2. The summed E-state index contributed by atoms with van der Waals surface area (Å²) in [4.78, 5) is 88.6. The number of urea groups is 1. The fraction of sp³-hybridized carbons (Fsp3) is 0.720. The maximum Gasteiger partial charge on any atom is 0.333 e. The highest BCUT2D eigenvalue weighted by atomic mass is 32.2. The fourth-order valence-electron chi connectivity index (χ4n) is 4.88. The molecule has 3 aliphatic rings. The Bertz CT molecular complexity index is 959. The number of carbonyl (C=O) groups is 7. The first-order valence-corrected chi connectivity index (χ1v) is 14.5. The second-order valence-corrected chi connectivity index (χ2v) is 11.1. The number of carboxylic acids is 1. The quantitative estimate of drug-likeness (QED) is 0.140. The molecular weight excluding hydrogens is 532 g/mol. The Morgan fingerprint density at radius 2 is 1.59 bits per heavy atom. The first-order chi connectivity index (χ1) is 18.7. The second kappa shape index (κ2) is 14.8. The Kier molecular flexibility index (Phi) is 11.6. The highest BCUT2D eigenvalue weighted by molar-refractivity contribution is 8.00. The lowest BCUT2D eigenvalue weighted by Crippen LogP contribution is -2.42. The summed E-state index contributed by atoms with van der Waals surface area (Å²) in [6.45, 7) is 0.129. The molecule has 216 valence electrons. The van der Waals surface area contributed by atoms with Gasteiger partial charge in [-0.15, -0.1) is 5.06 Å². The van der Waals surface area contributed by atoms with Crippen molar-refractivity contribution in [3.05, 3.63) is 0 Å². The molecule has 0 aromatic carbocycles. The van der Waals surface area contributed by atoms with E-state index < -0.39 is 29.8 Å². The van der Waals surface area contributed by atoms with Gasteiger partial charge in [-0.25, -0.2) is 9.59 Å². The first kappa shape index (κ1) is 30.4. The average Bonchev–Trinajstić information content (AvgIpc) is 3.52. The third-order valence-electron chi connectivity index (χ3n) is 6.93. The van der Waals surface area contributed by atoms with Crippen LogP contribution in [0.5, 0.6) is 0 Å². The summed E-state index contributed by atoms with van der Waals surface area (Å²) in [7, 11) is 0. The van der Waals surface area contributed by atoms with Crippen LogP contribution in [0.25, 0.3) is 0 Å². The third-order valence-corrected chi connectivity index (χ3v) is 8.42. The van der Waals surface area contributed by atoms with Crippen LogP contribution in [0.2, 0.25) is 0 Å². The third kappa shape index (κ3) is 8.94. The smallest absolute Gasteiger partial charge is 0.333 e. The van der Waals surface area contributed by atoms with Crippen LogP contribution in [-0.2, 0) is 33.6 Å². The number of carbonyl (C=O) groups excluding carboxylic acids is 6. The minimum Gasteiger partial charge on any atom is -0.481 e. The van der Waals surface area contributed by atoms with E-state index in [9.17, 15) is 33.6 Å². The summed E-state index contributed by atoms with van der Waals surface area (Å²) in [6.07, 6.45) is 5.17. The largest absolute Gasteiger partial charge is 0.481 e. The zero-order valence-electron chi connectivity index (χ0n) is 21.9. The number of nitrogens with zero attached hydrogens (tertiary/aromatic N) is 2. The van der Waals surface area contributed by atoms with Gasteiger partial charge in [0.25, 0.3) is 11.8 Å². The van der Waals surface area contributed by atoms with Gasteiger partial charge in [0.2, 0.25) is 11.8 Å². The van der Waals surface area contributed by atoms with E-state index in [0.717, 1.165) is 12.8 Å². The van der Waals surface area contributed by atoms with Crippen LogP contribution in [0, 0.1) is 0 Å². The lowest BCUT2D eigenvalue weighted by molar-refractivity contribution is -0.197. The van der Waals surface area contributed by atoms with Crippen LogP contribution in [0.4, 0.5) is 4.79 Å². The number of nitrogens with one attached hydrogen (secondary N) is 2. The van der Waals surface area contributed by atoms with E-state index in [1.54, 1.807) is 11.8 Å². The number of fused-ring (bicyclic) bond motifs is 1. The van der Waals surface area contributed by atoms with Gasteiger partial charge < -0.3 is 20.6 Å². The number of amides is 6. The van der Waals surface area contributed by atoms with Gasteiger partial charge in [-0.2, -0.15) is 11.8 Å². The number of unbranched alkanes of at least 4 members (excludes halogenated alkanes) is 4. The SMILES string of the molecule is O=C(O)CCCC[C@@H]1SC[C@H]2[C@@H]1NC(=O)N2C(=O)CCNC(=O)CCCCCCC(=O)ON1C(=O)CCC1=O. The molecule has 0 aromatic rings. The van der Waals surface area contributed by atoms with E-state index in [2.05, 4.69) is 10.6 Å². The molecular formula is C25H36N4O9S. The van der Waals surface area contributed by atoms with Crippen molar-refractivity contribution in [2.24, 2.45) is 0 Å². The number of thioether (sulfide) groups is 1. The molecule has 6 amide bonds. The van der Waals surface area contributed by atoms with Gasteiger partial charge in [0.15, 0.2) is 0 Å². The van der Waals surface area contributed by atoms with E-state index in [-0.39, 0.29) is 74.2 Å². The number of hydroxylamine groups is 2. The molecule has 3 saturated heterocycles. The maximum absolute atomic E-state index is 12.7. The van der Waals surface area contributed by atoms with Crippen molar-refractivity contribution in [2.75, 3.05) is 12.3 Å². The summed E-state index contributed by atoms with van der Waals surface area (Å²) in [5.74, 6) is -2.38. The van der Waals surface area contributed by atoms with Crippen LogP contribution in [-0.4, -0.2) is 86.3 Å². The standard InChI is InChI=1S/C25H36N4O9S/c30-18(8-3-1-2-4-10-23(36)38-29-20(32)11-12-21(29)33)26-14-13-19(31)28-16-15-39-17(24(16)27-25(28)37)7-5-6-9-22(34)35/h16-17,24H,1-15H2,(H,26,30)(H,27,37)(H,34,35)/t16-,17-,24-/m0/s1. The van der Waals surface area contributed by atoms with E-state index in [4.69, 9.17) is 9.94 Å². The minimum absolute atomic E-state index is 0.0143. The summed E-state index contributed by atoms with van der Waals surface area (Å²) in [5.41, 5.74) is 0. The van der Waals surface area contributed by atoms with E-state index >= 15 is 0 Å². The van der Waals surface area contributed by atoms with Gasteiger partial charge >= 0.3 is 18.0 Å². The van der Waals surface area contributed by atoms with Crippen molar-refractivity contribution in [3.63, 3.8) is 0 Å². The summed E-state index contributed by atoms with van der Waals surface area (Å²) >= 11 is 1.69. The molecule has 3 rings (SSSR count). The van der Waals surface area contributed by atoms with Gasteiger partial charge in [-0.05, 0) is 25.7 Å². The Morgan fingerprint density at radius 1 is 0.923 bits per heavy atom. The van der Waals surface area contributed by atoms with Gasteiger partial charge in [0.1, 0.15) is 0 Å². The maximum atomic E-state index is 12.7. The summed E-state index contributed by atoms with van der Waals surface area (Å²) in [5, 5.41) is 15.1. The average molecular weight is 569 g/mol. The second-order valence-electron chi connectivity index (χ2n) is 9.88. The lowest BCUT2D eigenvalue weighted by atomic mass is 10.0. The van der Waals surface area contributed by atoms with Crippen LogP contribution in [0.3, 0.4) is 0 Å². The molecule has 13 nitrogen and oxygen atoms in total. The minimum atomic E-state index is -0.822. The van der Waals surface area contributed by atoms with Crippen LogP contribution in [0.15, 0.2) is 0 Å². The predicted octanol–water partition coefficient (Wildman–Crippen LogP) is 1.49. The van der Waals surface area contributed by atoms with Gasteiger partial charge in [-0.1, -0.05) is 19.3 Å². The Labute approximate surface area is 230 Å². The number of hydrogen-bond acceptors (Lipinski definition) is 9. The molecule has 3 heterocycles. The molecule has 3 fully saturated rings. The zero-order chi connectivity index (χ0) is 28.4. The number of rotatable bonds is 16. The zero-order valence-corrected chi connectivity index (χ0v) is 22.7. The van der Waals surface area contributed by atoms with E-state index in [1.165, 1.54) is 4.90 Å². The monoisotopic (exact) mass is 568 g/mol. The van der Waals surface area contributed by atoms with Gasteiger partial charge in [0, 0.05) is 56.1 Å². The van der Waals surface area contributed by atoms with Crippen molar-refractivity contribution in [3.8, 4) is 0 Å². The molecule has 0 aromatic heterocycles. The molecule has 0 bridgehead atoms. The molecule has 3 atom stereocenters. The molecule has 0 spiro atoms.